The summed E-state index contributed by atoms with van der Waals surface area (Å²) in [5.41, 5.74) is 0.333. The molecule has 1 saturated heterocycles. The highest BCUT2D eigenvalue weighted by Gasteiger charge is 2.29. The third-order valence-electron chi connectivity index (χ3n) is 4.58. The summed E-state index contributed by atoms with van der Waals surface area (Å²) in [7, 11) is 0. The van der Waals surface area contributed by atoms with Crippen molar-refractivity contribution in [3.63, 3.8) is 0 Å². The Labute approximate surface area is 159 Å². The molecular formula is C19H26Cl2N2O2. The second-order valence-corrected chi connectivity index (χ2v) is 8.13. The van der Waals surface area contributed by atoms with Crippen LogP contribution in [-0.2, 0) is 4.79 Å². The summed E-state index contributed by atoms with van der Waals surface area (Å²) >= 11 is 12.0. The van der Waals surface area contributed by atoms with Gasteiger partial charge in [-0.25, -0.2) is 0 Å². The van der Waals surface area contributed by atoms with Gasteiger partial charge in [-0.05, 0) is 49.3 Å². The maximum atomic E-state index is 12.9. The minimum atomic E-state index is -0.535. The van der Waals surface area contributed by atoms with Crippen molar-refractivity contribution in [2.45, 2.75) is 46.1 Å². The fourth-order valence-corrected chi connectivity index (χ4v) is 3.55. The van der Waals surface area contributed by atoms with Gasteiger partial charge < -0.3 is 10.2 Å². The van der Waals surface area contributed by atoms with Crippen molar-refractivity contribution in [1.82, 2.24) is 10.2 Å². The van der Waals surface area contributed by atoms with Gasteiger partial charge in [-0.2, -0.15) is 0 Å². The van der Waals surface area contributed by atoms with Gasteiger partial charge in [0.05, 0.1) is 10.6 Å². The number of halogens is 2. The Morgan fingerprint density at radius 1 is 1.24 bits per heavy atom. The second-order valence-electron chi connectivity index (χ2n) is 7.29. The highest BCUT2D eigenvalue weighted by Crippen LogP contribution is 2.22. The first-order valence-corrected chi connectivity index (χ1v) is 9.58. The van der Waals surface area contributed by atoms with Crippen LogP contribution in [0.5, 0.6) is 0 Å². The molecule has 1 N–H and O–H groups in total. The van der Waals surface area contributed by atoms with Crippen LogP contribution in [0.15, 0.2) is 18.2 Å². The molecule has 0 spiro atoms. The Hall–Kier alpha value is -1.26. The lowest BCUT2D eigenvalue weighted by molar-refractivity contribution is -0.135. The largest absolute Gasteiger partial charge is 0.341 e. The van der Waals surface area contributed by atoms with Gasteiger partial charge in [0.15, 0.2) is 0 Å². The molecule has 1 atom stereocenters. The Morgan fingerprint density at radius 3 is 2.44 bits per heavy atom. The molecule has 0 radical (unpaired) electrons. The van der Waals surface area contributed by atoms with Gasteiger partial charge in [-0.3, -0.25) is 9.59 Å². The van der Waals surface area contributed by atoms with E-state index in [0.29, 0.717) is 28.8 Å². The average molecular weight is 385 g/mol. The number of hydrogen-bond donors (Lipinski definition) is 1. The fourth-order valence-electron chi connectivity index (χ4n) is 3.05. The molecule has 2 amide bonds. The summed E-state index contributed by atoms with van der Waals surface area (Å²) in [6, 6.07) is 4.20. The number of benzene rings is 1. The number of carbonyl (C=O) groups excluding carboxylic acids is 2. The van der Waals surface area contributed by atoms with Gasteiger partial charge >= 0.3 is 0 Å². The van der Waals surface area contributed by atoms with Crippen LogP contribution >= 0.6 is 23.2 Å². The van der Waals surface area contributed by atoms with E-state index in [1.54, 1.807) is 12.1 Å². The van der Waals surface area contributed by atoms with E-state index >= 15 is 0 Å². The maximum Gasteiger partial charge on any atom is 0.253 e. The normalized spacial score (nSPS) is 16.8. The molecule has 1 fully saturated rings. The van der Waals surface area contributed by atoms with Crippen LogP contribution in [0.4, 0.5) is 0 Å². The number of rotatable bonds is 5. The molecule has 0 aliphatic carbocycles. The van der Waals surface area contributed by atoms with E-state index in [1.165, 1.54) is 6.07 Å². The van der Waals surface area contributed by atoms with Crippen molar-refractivity contribution in [3.8, 4) is 0 Å². The van der Waals surface area contributed by atoms with Crippen LogP contribution < -0.4 is 5.32 Å². The van der Waals surface area contributed by atoms with Gasteiger partial charge in [-0.15, -0.1) is 0 Å². The molecule has 0 aromatic heterocycles. The molecule has 0 bridgehead atoms. The zero-order chi connectivity index (χ0) is 18.6. The van der Waals surface area contributed by atoms with E-state index in [0.717, 1.165) is 25.9 Å². The summed E-state index contributed by atoms with van der Waals surface area (Å²) in [4.78, 5) is 27.4. The second kappa shape index (κ2) is 8.91. The van der Waals surface area contributed by atoms with Gasteiger partial charge in [0.25, 0.3) is 5.91 Å². The maximum absolute atomic E-state index is 12.9. The topological polar surface area (TPSA) is 49.4 Å². The van der Waals surface area contributed by atoms with E-state index in [-0.39, 0.29) is 16.8 Å². The third-order valence-corrected chi connectivity index (χ3v) is 5.13. The monoisotopic (exact) mass is 384 g/mol. The van der Waals surface area contributed by atoms with Gasteiger partial charge in [0, 0.05) is 18.1 Å². The van der Waals surface area contributed by atoms with E-state index in [2.05, 4.69) is 12.2 Å². The van der Waals surface area contributed by atoms with Crippen molar-refractivity contribution in [3.05, 3.63) is 33.8 Å². The zero-order valence-electron chi connectivity index (χ0n) is 15.0. The number of likely N-dealkylation sites (tertiary alicyclic amines) is 1. The average Bonchev–Trinajstić information content (AvgIpc) is 2.53. The first-order valence-electron chi connectivity index (χ1n) is 8.82. The zero-order valence-corrected chi connectivity index (χ0v) is 16.5. The molecular weight excluding hydrogens is 359 g/mol. The Bertz CT molecular complexity index is 626. The van der Waals surface area contributed by atoms with Crippen LogP contribution in [0, 0.1) is 11.8 Å². The summed E-state index contributed by atoms with van der Waals surface area (Å²) in [5, 5.41) is 3.63. The van der Waals surface area contributed by atoms with E-state index in [1.807, 2.05) is 18.7 Å². The lowest BCUT2D eigenvalue weighted by Crippen LogP contribution is -2.51. The van der Waals surface area contributed by atoms with Crippen LogP contribution in [-0.4, -0.2) is 35.8 Å². The van der Waals surface area contributed by atoms with E-state index in [4.69, 9.17) is 23.2 Å². The lowest BCUT2D eigenvalue weighted by Gasteiger charge is -2.33. The Balaban J connectivity index is 2.11. The third kappa shape index (κ3) is 5.61. The first kappa shape index (κ1) is 20.1. The molecule has 25 heavy (non-hydrogen) atoms. The number of carbonyl (C=O) groups is 2. The highest BCUT2D eigenvalue weighted by atomic mass is 35.5. The number of hydrogen-bond acceptors (Lipinski definition) is 2. The summed E-state index contributed by atoms with van der Waals surface area (Å²) in [6.45, 7) is 7.80. The van der Waals surface area contributed by atoms with Crippen LogP contribution in [0.25, 0.3) is 0 Å². The number of nitrogens with zero attached hydrogens (tertiary/aromatic N) is 1. The molecule has 1 heterocycles. The van der Waals surface area contributed by atoms with Crippen molar-refractivity contribution in [1.29, 1.82) is 0 Å². The molecule has 1 aromatic rings. The van der Waals surface area contributed by atoms with Crippen LogP contribution in [0.3, 0.4) is 0 Å². The Morgan fingerprint density at radius 2 is 1.88 bits per heavy atom. The van der Waals surface area contributed by atoms with Crippen molar-refractivity contribution >= 4 is 35.0 Å². The molecule has 1 aliphatic rings. The first-order chi connectivity index (χ1) is 11.8. The van der Waals surface area contributed by atoms with Crippen molar-refractivity contribution < 1.29 is 9.59 Å². The minimum absolute atomic E-state index is 0.000893. The fraction of sp³-hybridized carbons (Fsp3) is 0.579. The standard InChI is InChI=1S/C19H26Cl2N2O2/c1-12(2)10-17(19(25)23-8-6-13(3)7-9-23)22-18(24)15-5-4-14(20)11-16(15)21/h4-5,11-13,17H,6-10H2,1-3H3,(H,22,24). The molecule has 138 valence electrons. The van der Waals surface area contributed by atoms with Gasteiger partial charge in [0.2, 0.25) is 5.91 Å². The van der Waals surface area contributed by atoms with Crippen molar-refractivity contribution in [2.75, 3.05) is 13.1 Å². The summed E-state index contributed by atoms with van der Waals surface area (Å²) in [5.74, 6) is 0.596. The lowest BCUT2D eigenvalue weighted by atomic mass is 9.97. The van der Waals surface area contributed by atoms with Crippen LogP contribution in [0.2, 0.25) is 10.0 Å². The quantitative estimate of drug-likeness (QED) is 0.817. The van der Waals surface area contributed by atoms with E-state index < -0.39 is 6.04 Å². The molecule has 4 nitrogen and oxygen atoms in total. The predicted octanol–water partition coefficient (Wildman–Crippen LogP) is 4.40. The van der Waals surface area contributed by atoms with Crippen LogP contribution in [0.1, 0.15) is 50.4 Å². The molecule has 1 unspecified atom stereocenters. The molecule has 1 aliphatic heterocycles. The number of nitrogens with one attached hydrogen (secondary N) is 1. The predicted molar refractivity (Wildman–Crippen MR) is 102 cm³/mol. The van der Waals surface area contributed by atoms with Crippen molar-refractivity contribution in [2.24, 2.45) is 11.8 Å². The highest BCUT2D eigenvalue weighted by molar-refractivity contribution is 6.36. The van der Waals surface area contributed by atoms with E-state index in [9.17, 15) is 9.59 Å². The molecule has 0 saturated carbocycles. The SMILES string of the molecule is CC(C)CC(NC(=O)c1ccc(Cl)cc1Cl)C(=O)N1CCC(C)CC1. The number of piperidine rings is 1. The van der Waals surface area contributed by atoms with Gasteiger partial charge in [0.1, 0.15) is 6.04 Å². The smallest absolute Gasteiger partial charge is 0.253 e. The number of amides is 2. The summed E-state index contributed by atoms with van der Waals surface area (Å²) in [6.07, 6.45) is 2.62. The molecule has 1 aromatic carbocycles. The molecule has 6 heteroatoms. The molecule has 2 rings (SSSR count). The summed E-state index contributed by atoms with van der Waals surface area (Å²) < 4.78 is 0. The Kier molecular flexibility index (Phi) is 7.14. The van der Waals surface area contributed by atoms with Gasteiger partial charge in [-0.1, -0.05) is 44.0 Å². The minimum Gasteiger partial charge on any atom is -0.341 e.